The Morgan fingerprint density at radius 3 is 1.60 bits per heavy atom. The minimum atomic E-state index is -0.997. The highest BCUT2D eigenvalue weighted by atomic mass is 32.1. The average Bonchev–Trinajstić information content (AvgIpc) is 3.32. The molecule has 4 rings (SSSR count). The number of rotatable bonds is 4. The van der Waals surface area contributed by atoms with Gasteiger partial charge in [0.2, 0.25) is 0 Å². The summed E-state index contributed by atoms with van der Waals surface area (Å²) < 4.78 is 8.64. The molecule has 6 nitrogen and oxygen atoms in total. The second-order valence-corrected chi connectivity index (χ2v) is 7.42. The molecule has 0 amide bonds. The van der Waals surface area contributed by atoms with Crippen LogP contribution in [-0.4, -0.2) is 30.9 Å². The van der Waals surface area contributed by atoms with Gasteiger partial charge < -0.3 is 10.2 Å². The molecule has 0 atom stereocenters. The van der Waals surface area contributed by atoms with Crippen molar-refractivity contribution < 1.29 is 19.8 Å². The maximum absolute atomic E-state index is 11.4. The van der Waals surface area contributed by atoms with Crippen LogP contribution in [0.2, 0.25) is 0 Å². The number of carboxylic acids is 2. The Morgan fingerprint density at radius 2 is 1.20 bits per heavy atom. The first-order chi connectivity index (χ1) is 12.1. The van der Waals surface area contributed by atoms with Gasteiger partial charge in [0, 0.05) is 11.1 Å². The number of carbonyl (C=O) groups is 2. The molecule has 124 valence electrons. The summed E-state index contributed by atoms with van der Waals surface area (Å²) in [7, 11) is 0. The zero-order valence-electron chi connectivity index (χ0n) is 12.3. The third-order valence-corrected chi connectivity index (χ3v) is 6.12. The number of aromatic carboxylic acids is 2. The third-order valence-electron chi connectivity index (χ3n) is 3.70. The van der Waals surface area contributed by atoms with E-state index in [0.717, 1.165) is 11.7 Å². The number of carboxylic acid groups (broad SMARTS) is 2. The van der Waals surface area contributed by atoms with Crippen molar-refractivity contribution in [1.29, 1.82) is 0 Å². The molecule has 3 heterocycles. The maximum atomic E-state index is 11.4. The van der Waals surface area contributed by atoms with Gasteiger partial charge in [-0.2, -0.15) is 8.75 Å². The van der Waals surface area contributed by atoms with E-state index in [1.807, 2.05) is 0 Å². The van der Waals surface area contributed by atoms with Gasteiger partial charge in [0.15, 0.2) is 0 Å². The Balaban J connectivity index is 1.96. The summed E-state index contributed by atoms with van der Waals surface area (Å²) in [5.41, 5.74) is 2.97. The molecule has 2 N–H and O–H groups in total. The molecule has 0 aliphatic carbocycles. The fourth-order valence-electron chi connectivity index (χ4n) is 2.61. The lowest BCUT2D eigenvalue weighted by atomic mass is 10.0. The maximum Gasteiger partial charge on any atom is 0.337 e. The van der Waals surface area contributed by atoms with Crippen molar-refractivity contribution >= 4 is 57.4 Å². The van der Waals surface area contributed by atoms with Crippen molar-refractivity contribution in [3.05, 3.63) is 46.2 Å². The zero-order valence-corrected chi connectivity index (χ0v) is 14.7. The van der Waals surface area contributed by atoms with Crippen LogP contribution in [0.25, 0.3) is 31.9 Å². The molecule has 0 spiro atoms. The number of benzene rings is 1. The van der Waals surface area contributed by atoms with Gasteiger partial charge in [0.05, 0.1) is 32.6 Å². The van der Waals surface area contributed by atoms with Crippen LogP contribution in [0.3, 0.4) is 0 Å². The highest BCUT2D eigenvalue weighted by Crippen LogP contribution is 2.40. The van der Waals surface area contributed by atoms with E-state index < -0.39 is 11.9 Å². The summed E-state index contributed by atoms with van der Waals surface area (Å²) in [6, 6.07) is 6.68. The monoisotopic (exact) mass is 388 g/mol. The van der Waals surface area contributed by atoms with Crippen molar-refractivity contribution in [1.82, 2.24) is 8.75 Å². The molecule has 3 aromatic heterocycles. The SMILES string of the molecule is O=C(O)c1ccsc1-c1ccc(-c2sccc2C(=O)O)c2nsnc12. The minimum absolute atomic E-state index is 0.217. The number of thiophene rings is 2. The molecule has 0 aliphatic rings. The van der Waals surface area contributed by atoms with E-state index in [9.17, 15) is 19.8 Å². The van der Waals surface area contributed by atoms with Gasteiger partial charge >= 0.3 is 11.9 Å². The zero-order chi connectivity index (χ0) is 17.6. The molecule has 0 unspecified atom stereocenters. The first kappa shape index (κ1) is 15.9. The lowest BCUT2D eigenvalue weighted by Gasteiger charge is -2.06. The van der Waals surface area contributed by atoms with Gasteiger partial charge in [-0.25, -0.2) is 9.59 Å². The number of nitrogens with zero attached hydrogens (tertiary/aromatic N) is 2. The molecule has 0 bridgehead atoms. The van der Waals surface area contributed by atoms with Crippen molar-refractivity contribution in [2.45, 2.75) is 0 Å². The first-order valence-corrected chi connectivity index (χ1v) is 9.44. The van der Waals surface area contributed by atoms with Crippen LogP contribution >= 0.6 is 34.4 Å². The van der Waals surface area contributed by atoms with E-state index in [0.29, 0.717) is 31.9 Å². The Morgan fingerprint density at radius 1 is 0.760 bits per heavy atom. The van der Waals surface area contributed by atoms with Crippen LogP contribution in [0, 0.1) is 0 Å². The smallest absolute Gasteiger partial charge is 0.337 e. The molecule has 4 aromatic rings. The molecule has 9 heteroatoms. The Labute approximate surface area is 153 Å². The van der Waals surface area contributed by atoms with Crippen LogP contribution < -0.4 is 0 Å². The topological polar surface area (TPSA) is 100 Å². The second-order valence-electron chi connectivity index (χ2n) is 5.06. The van der Waals surface area contributed by atoms with E-state index >= 15 is 0 Å². The van der Waals surface area contributed by atoms with Crippen molar-refractivity contribution in [2.24, 2.45) is 0 Å². The molecule has 25 heavy (non-hydrogen) atoms. The minimum Gasteiger partial charge on any atom is -0.478 e. The number of fused-ring (bicyclic) bond motifs is 1. The van der Waals surface area contributed by atoms with Crippen molar-refractivity contribution in [2.75, 3.05) is 0 Å². The Kier molecular flexibility index (Phi) is 3.83. The van der Waals surface area contributed by atoms with E-state index in [2.05, 4.69) is 8.75 Å². The standard InChI is InChI=1S/C16H8N2O4S3/c19-15(20)9-3-5-23-13(9)7-1-2-8(12-11(7)17-25-18-12)14-10(16(21)22)4-6-24-14/h1-6H,(H,19,20)(H,21,22). The van der Waals surface area contributed by atoms with Gasteiger partial charge in [-0.3, -0.25) is 0 Å². The van der Waals surface area contributed by atoms with E-state index in [4.69, 9.17) is 0 Å². The van der Waals surface area contributed by atoms with E-state index in [1.165, 1.54) is 22.7 Å². The molecular weight excluding hydrogens is 380 g/mol. The largest absolute Gasteiger partial charge is 0.478 e. The molecule has 1 aromatic carbocycles. The van der Waals surface area contributed by atoms with Gasteiger partial charge in [0.25, 0.3) is 0 Å². The molecule has 0 saturated heterocycles. The highest BCUT2D eigenvalue weighted by molar-refractivity contribution is 7.14. The third kappa shape index (κ3) is 2.53. The van der Waals surface area contributed by atoms with Crippen molar-refractivity contribution in [3.8, 4) is 20.9 Å². The lowest BCUT2D eigenvalue weighted by molar-refractivity contribution is 0.0687. The highest BCUT2D eigenvalue weighted by Gasteiger charge is 2.21. The fourth-order valence-corrected chi connectivity index (χ4v) is 5.01. The molecule has 0 saturated carbocycles. The van der Waals surface area contributed by atoms with Crippen LogP contribution in [0.5, 0.6) is 0 Å². The molecule has 0 aliphatic heterocycles. The predicted molar refractivity (Wildman–Crippen MR) is 98.0 cm³/mol. The summed E-state index contributed by atoms with van der Waals surface area (Å²) in [5.74, 6) is -1.99. The summed E-state index contributed by atoms with van der Waals surface area (Å²) >= 11 is 3.67. The van der Waals surface area contributed by atoms with E-state index in [-0.39, 0.29) is 11.1 Å². The van der Waals surface area contributed by atoms with Crippen LogP contribution in [0.15, 0.2) is 35.0 Å². The Hall–Kier alpha value is -2.62. The predicted octanol–water partition coefficient (Wildman–Crippen LogP) is 4.54. The van der Waals surface area contributed by atoms with Crippen LogP contribution in [0.4, 0.5) is 0 Å². The van der Waals surface area contributed by atoms with Crippen LogP contribution in [-0.2, 0) is 0 Å². The molecule has 0 radical (unpaired) electrons. The summed E-state index contributed by atoms with van der Waals surface area (Å²) in [5, 5.41) is 22.1. The van der Waals surface area contributed by atoms with Gasteiger partial charge in [-0.15, -0.1) is 22.7 Å². The van der Waals surface area contributed by atoms with Gasteiger partial charge in [-0.05, 0) is 22.9 Å². The summed E-state index contributed by atoms with van der Waals surface area (Å²) in [6.07, 6.45) is 0. The Bertz CT molecular complexity index is 1040. The fraction of sp³-hybridized carbons (Fsp3) is 0. The van der Waals surface area contributed by atoms with Gasteiger partial charge in [0.1, 0.15) is 11.0 Å². The van der Waals surface area contributed by atoms with E-state index in [1.54, 1.807) is 35.0 Å². The first-order valence-electron chi connectivity index (χ1n) is 6.95. The molecule has 0 fully saturated rings. The molecular formula is C16H8N2O4S3. The quantitative estimate of drug-likeness (QED) is 0.532. The average molecular weight is 388 g/mol. The number of hydrogen-bond donors (Lipinski definition) is 2. The summed E-state index contributed by atoms with van der Waals surface area (Å²) in [6.45, 7) is 0. The normalized spacial score (nSPS) is 11.0. The number of aromatic nitrogens is 2. The van der Waals surface area contributed by atoms with Gasteiger partial charge in [-0.1, -0.05) is 12.1 Å². The lowest BCUT2D eigenvalue weighted by Crippen LogP contribution is -1.97. The van der Waals surface area contributed by atoms with Crippen LogP contribution in [0.1, 0.15) is 20.7 Å². The number of hydrogen-bond acceptors (Lipinski definition) is 7. The summed E-state index contributed by atoms with van der Waals surface area (Å²) in [4.78, 5) is 24.1. The second kappa shape index (κ2) is 6.03. The van der Waals surface area contributed by atoms with Crippen molar-refractivity contribution in [3.63, 3.8) is 0 Å².